The first-order valence-electron chi connectivity index (χ1n) is 10.8. The fraction of sp³-hybridized carbons (Fsp3) is 0.409. The number of anilines is 2. The zero-order chi connectivity index (χ0) is 23.4. The monoisotopic (exact) mass is 470 g/mol. The summed E-state index contributed by atoms with van der Waals surface area (Å²) in [6.07, 6.45) is 3.05. The van der Waals surface area contributed by atoms with Crippen molar-refractivity contribution in [1.82, 2.24) is 19.9 Å². The zero-order valence-corrected chi connectivity index (χ0v) is 19.4. The Labute approximate surface area is 194 Å². The summed E-state index contributed by atoms with van der Waals surface area (Å²) < 4.78 is 6.77. The van der Waals surface area contributed by atoms with Gasteiger partial charge in [0, 0.05) is 25.3 Å². The Hall–Kier alpha value is -3.47. The molecule has 0 spiro atoms. The van der Waals surface area contributed by atoms with Crippen LogP contribution in [0.5, 0.6) is 5.75 Å². The molecule has 1 atom stereocenters. The van der Waals surface area contributed by atoms with Crippen molar-refractivity contribution in [1.29, 1.82) is 0 Å². The molecule has 33 heavy (non-hydrogen) atoms. The molecule has 174 valence electrons. The first kappa shape index (κ1) is 22.7. The van der Waals surface area contributed by atoms with Crippen LogP contribution in [-0.4, -0.2) is 53.1 Å². The number of piperidine rings is 1. The highest BCUT2D eigenvalue weighted by atomic mass is 32.1. The largest absolute Gasteiger partial charge is 0.497 e. The molecule has 2 aromatic heterocycles. The molecule has 2 N–H and O–H groups in total. The second kappa shape index (κ2) is 9.99. The van der Waals surface area contributed by atoms with E-state index in [-0.39, 0.29) is 29.8 Å². The van der Waals surface area contributed by atoms with E-state index in [4.69, 9.17) is 4.74 Å². The van der Waals surface area contributed by atoms with Crippen LogP contribution in [0, 0.1) is 5.92 Å². The highest BCUT2D eigenvalue weighted by Crippen LogP contribution is 2.29. The second-order valence-corrected chi connectivity index (χ2v) is 8.76. The standard InChI is InChI=1S/C22H26N6O4S/c1-3-23-20(30)14-5-4-10-27(11-14)22-26-19-18(33-22)21(31)28(13-24-19)12-17(29)25-15-6-8-16(32-2)9-7-15/h6-9,13-14H,3-5,10-12H2,1-2H3,(H,23,30)(H,25,29)/t14-/m0/s1. The van der Waals surface area contributed by atoms with E-state index in [1.807, 2.05) is 11.8 Å². The van der Waals surface area contributed by atoms with Crippen LogP contribution < -0.4 is 25.8 Å². The van der Waals surface area contributed by atoms with Gasteiger partial charge in [-0.3, -0.25) is 19.0 Å². The van der Waals surface area contributed by atoms with Crippen molar-refractivity contribution < 1.29 is 14.3 Å². The normalized spacial score (nSPS) is 15.9. The molecular weight excluding hydrogens is 444 g/mol. The number of ether oxygens (including phenoxy) is 1. The third kappa shape index (κ3) is 5.14. The molecule has 10 nitrogen and oxygen atoms in total. The van der Waals surface area contributed by atoms with Crippen LogP contribution in [0.2, 0.25) is 0 Å². The van der Waals surface area contributed by atoms with Crippen LogP contribution in [0.25, 0.3) is 10.3 Å². The molecule has 0 unspecified atom stereocenters. The van der Waals surface area contributed by atoms with Gasteiger partial charge in [-0.15, -0.1) is 0 Å². The number of methoxy groups -OCH3 is 1. The Morgan fingerprint density at radius 1 is 1.27 bits per heavy atom. The quantitative estimate of drug-likeness (QED) is 0.541. The highest BCUT2D eigenvalue weighted by Gasteiger charge is 2.27. The third-order valence-corrected chi connectivity index (χ3v) is 6.57. The Bertz CT molecular complexity index is 1210. The lowest BCUT2D eigenvalue weighted by atomic mass is 9.97. The van der Waals surface area contributed by atoms with E-state index in [0.717, 1.165) is 19.4 Å². The van der Waals surface area contributed by atoms with Gasteiger partial charge in [-0.2, -0.15) is 4.98 Å². The van der Waals surface area contributed by atoms with E-state index >= 15 is 0 Å². The maximum Gasteiger partial charge on any atom is 0.273 e. The number of aromatic nitrogens is 3. The molecule has 1 saturated heterocycles. The number of carbonyl (C=O) groups is 2. The molecule has 2 amide bonds. The van der Waals surface area contributed by atoms with Gasteiger partial charge in [-0.05, 0) is 44.0 Å². The van der Waals surface area contributed by atoms with E-state index < -0.39 is 0 Å². The number of carbonyl (C=O) groups excluding carboxylic acids is 2. The summed E-state index contributed by atoms with van der Waals surface area (Å²) in [5, 5.41) is 6.31. The Balaban J connectivity index is 1.48. The molecule has 0 saturated carbocycles. The third-order valence-electron chi connectivity index (χ3n) is 5.47. The summed E-state index contributed by atoms with van der Waals surface area (Å²) in [5.74, 6) is 0.295. The van der Waals surface area contributed by atoms with E-state index in [9.17, 15) is 14.4 Å². The summed E-state index contributed by atoms with van der Waals surface area (Å²) in [4.78, 5) is 48.5. The predicted octanol–water partition coefficient (Wildman–Crippen LogP) is 1.85. The van der Waals surface area contributed by atoms with Crippen molar-refractivity contribution in [3.63, 3.8) is 0 Å². The van der Waals surface area contributed by atoms with Gasteiger partial charge < -0.3 is 20.3 Å². The van der Waals surface area contributed by atoms with Gasteiger partial charge in [0.2, 0.25) is 11.8 Å². The van der Waals surface area contributed by atoms with E-state index in [2.05, 4.69) is 20.6 Å². The molecular formula is C22H26N6O4S. The lowest BCUT2D eigenvalue weighted by Gasteiger charge is -2.31. The minimum absolute atomic E-state index is 0.0478. The summed E-state index contributed by atoms with van der Waals surface area (Å²) >= 11 is 1.25. The van der Waals surface area contributed by atoms with Crippen molar-refractivity contribution in [2.75, 3.05) is 37.0 Å². The molecule has 4 rings (SSSR count). The van der Waals surface area contributed by atoms with Crippen LogP contribution in [0.1, 0.15) is 19.8 Å². The average Bonchev–Trinajstić information content (AvgIpc) is 3.27. The van der Waals surface area contributed by atoms with E-state index in [1.54, 1.807) is 31.4 Å². The lowest BCUT2D eigenvalue weighted by Crippen LogP contribution is -2.43. The fourth-order valence-corrected chi connectivity index (χ4v) is 4.80. The SMILES string of the molecule is CCNC(=O)[C@H]1CCCN(c2nc3ncn(CC(=O)Nc4ccc(OC)cc4)c(=O)c3s2)C1. The number of benzene rings is 1. The van der Waals surface area contributed by atoms with Crippen molar-refractivity contribution in [2.45, 2.75) is 26.3 Å². The fourth-order valence-electron chi connectivity index (χ4n) is 3.80. The van der Waals surface area contributed by atoms with Gasteiger partial charge in [0.25, 0.3) is 5.56 Å². The summed E-state index contributed by atoms with van der Waals surface area (Å²) in [7, 11) is 1.57. The van der Waals surface area contributed by atoms with Gasteiger partial charge in [0.1, 0.15) is 23.3 Å². The number of thiazole rings is 1. The molecule has 3 aromatic rings. The van der Waals surface area contributed by atoms with E-state index in [0.29, 0.717) is 40.0 Å². The molecule has 1 aliphatic rings. The van der Waals surface area contributed by atoms with Crippen molar-refractivity contribution in [3.05, 3.63) is 40.9 Å². The van der Waals surface area contributed by atoms with Crippen LogP contribution in [0.15, 0.2) is 35.4 Å². The van der Waals surface area contributed by atoms with Gasteiger partial charge in [0.05, 0.1) is 13.0 Å². The number of hydrogen-bond acceptors (Lipinski definition) is 8. The van der Waals surface area contributed by atoms with Crippen LogP contribution in [0.4, 0.5) is 10.8 Å². The Morgan fingerprint density at radius 3 is 2.79 bits per heavy atom. The Morgan fingerprint density at radius 2 is 2.06 bits per heavy atom. The predicted molar refractivity (Wildman–Crippen MR) is 127 cm³/mol. The summed E-state index contributed by atoms with van der Waals surface area (Å²) in [6, 6.07) is 6.93. The first-order chi connectivity index (χ1) is 16.0. The highest BCUT2D eigenvalue weighted by molar-refractivity contribution is 7.22. The second-order valence-electron chi connectivity index (χ2n) is 7.78. The van der Waals surface area contributed by atoms with E-state index in [1.165, 1.54) is 22.2 Å². The molecule has 0 bridgehead atoms. The number of nitrogens with one attached hydrogen (secondary N) is 2. The molecule has 11 heteroatoms. The minimum atomic E-state index is -0.339. The summed E-state index contributed by atoms with van der Waals surface area (Å²) in [5.41, 5.74) is 0.646. The first-order valence-corrected chi connectivity index (χ1v) is 11.6. The maximum atomic E-state index is 13.0. The number of hydrogen-bond donors (Lipinski definition) is 2. The van der Waals surface area contributed by atoms with Crippen molar-refractivity contribution in [2.24, 2.45) is 5.92 Å². The molecule has 0 radical (unpaired) electrons. The van der Waals surface area contributed by atoms with Gasteiger partial charge in [-0.1, -0.05) is 11.3 Å². The van der Waals surface area contributed by atoms with Crippen LogP contribution >= 0.6 is 11.3 Å². The van der Waals surface area contributed by atoms with Crippen molar-refractivity contribution in [3.8, 4) is 5.75 Å². The van der Waals surface area contributed by atoms with Gasteiger partial charge in [0.15, 0.2) is 10.8 Å². The van der Waals surface area contributed by atoms with Crippen LogP contribution in [-0.2, 0) is 16.1 Å². The molecule has 0 aliphatic carbocycles. The molecule has 1 fully saturated rings. The number of rotatable bonds is 7. The lowest BCUT2D eigenvalue weighted by molar-refractivity contribution is -0.125. The maximum absolute atomic E-state index is 13.0. The van der Waals surface area contributed by atoms with Gasteiger partial charge in [-0.25, -0.2) is 4.98 Å². The zero-order valence-electron chi connectivity index (χ0n) is 18.5. The van der Waals surface area contributed by atoms with Crippen molar-refractivity contribution >= 4 is 44.3 Å². The topological polar surface area (TPSA) is 118 Å². The smallest absolute Gasteiger partial charge is 0.273 e. The number of fused-ring (bicyclic) bond motifs is 1. The number of nitrogens with zero attached hydrogens (tertiary/aromatic N) is 4. The molecule has 1 aliphatic heterocycles. The molecule has 3 heterocycles. The average molecular weight is 471 g/mol. The Kier molecular flexibility index (Phi) is 6.87. The van der Waals surface area contributed by atoms with Crippen LogP contribution in [0.3, 0.4) is 0 Å². The molecule has 1 aromatic carbocycles. The number of amides is 2. The van der Waals surface area contributed by atoms with Gasteiger partial charge >= 0.3 is 0 Å². The minimum Gasteiger partial charge on any atom is -0.497 e. The summed E-state index contributed by atoms with van der Waals surface area (Å²) in [6.45, 7) is 3.67.